The number of aliphatic carboxylic acids is 1. The summed E-state index contributed by atoms with van der Waals surface area (Å²) in [6.45, 7) is 2.58. The van der Waals surface area contributed by atoms with Gasteiger partial charge in [-0.15, -0.1) is 0 Å². The van der Waals surface area contributed by atoms with E-state index < -0.39 is 18.1 Å². The summed E-state index contributed by atoms with van der Waals surface area (Å²) in [6.07, 6.45) is 4.35. The number of carbonyl (C=O) groups is 2. The van der Waals surface area contributed by atoms with Gasteiger partial charge >= 0.3 is 5.97 Å². The molecule has 1 aliphatic heterocycles. The topological polar surface area (TPSA) is 75.6 Å². The number of nitrogens with one attached hydrogen (secondary N) is 1. The maximum atomic E-state index is 11.8. The molecule has 2 unspecified atom stereocenters. The van der Waals surface area contributed by atoms with E-state index in [4.69, 9.17) is 9.84 Å². The summed E-state index contributed by atoms with van der Waals surface area (Å²) in [5.74, 6) is -1.25. The number of rotatable bonds is 6. The van der Waals surface area contributed by atoms with Crippen LogP contribution in [0.25, 0.3) is 0 Å². The van der Waals surface area contributed by atoms with Crippen LogP contribution in [-0.4, -0.2) is 35.7 Å². The molecule has 0 aromatic heterocycles. The number of hydrogen-bond acceptors (Lipinski definition) is 3. The molecule has 17 heavy (non-hydrogen) atoms. The van der Waals surface area contributed by atoms with Crippen molar-refractivity contribution in [2.45, 2.75) is 57.6 Å². The molecule has 1 aliphatic rings. The van der Waals surface area contributed by atoms with Gasteiger partial charge in [-0.2, -0.15) is 0 Å². The molecular formula is C12H21NO4. The molecule has 98 valence electrons. The lowest BCUT2D eigenvalue weighted by molar-refractivity contribution is -0.145. The largest absolute Gasteiger partial charge is 0.480 e. The standard InChI is InChI=1S/C12H21NO4/c1-2-3-6-9(12(15)16)13-11(14)10-7-4-5-8-17-10/h9-10H,2-8H2,1H3,(H,13,14)(H,15,16). The highest BCUT2D eigenvalue weighted by atomic mass is 16.5. The third kappa shape index (κ3) is 4.73. The minimum atomic E-state index is -0.970. The summed E-state index contributed by atoms with van der Waals surface area (Å²) in [6, 6.07) is -0.784. The zero-order chi connectivity index (χ0) is 12.7. The zero-order valence-electron chi connectivity index (χ0n) is 10.3. The van der Waals surface area contributed by atoms with Gasteiger partial charge in [0.2, 0.25) is 5.91 Å². The molecule has 1 fully saturated rings. The minimum absolute atomic E-state index is 0.284. The third-order valence-electron chi connectivity index (χ3n) is 2.93. The van der Waals surface area contributed by atoms with Crippen LogP contribution in [0, 0.1) is 0 Å². The molecule has 1 rings (SSSR count). The molecule has 1 heterocycles. The van der Waals surface area contributed by atoms with Gasteiger partial charge in [-0.25, -0.2) is 4.79 Å². The summed E-state index contributed by atoms with van der Waals surface area (Å²) in [5, 5.41) is 11.5. The van der Waals surface area contributed by atoms with Crippen LogP contribution < -0.4 is 5.32 Å². The van der Waals surface area contributed by atoms with Crippen LogP contribution in [0.1, 0.15) is 45.4 Å². The summed E-state index contributed by atoms with van der Waals surface area (Å²) in [4.78, 5) is 22.7. The Morgan fingerprint density at radius 1 is 1.47 bits per heavy atom. The SMILES string of the molecule is CCCCC(NC(=O)C1CCCCO1)C(=O)O. The van der Waals surface area contributed by atoms with E-state index in [9.17, 15) is 9.59 Å². The molecule has 2 atom stereocenters. The minimum Gasteiger partial charge on any atom is -0.480 e. The monoisotopic (exact) mass is 243 g/mol. The fourth-order valence-corrected chi connectivity index (χ4v) is 1.88. The van der Waals surface area contributed by atoms with Crippen molar-refractivity contribution in [2.24, 2.45) is 0 Å². The van der Waals surface area contributed by atoms with Crippen LogP contribution in [0.4, 0.5) is 0 Å². The lowest BCUT2D eigenvalue weighted by Gasteiger charge is -2.23. The predicted molar refractivity (Wildman–Crippen MR) is 62.7 cm³/mol. The highest BCUT2D eigenvalue weighted by Crippen LogP contribution is 2.13. The fourth-order valence-electron chi connectivity index (χ4n) is 1.88. The highest BCUT2D eigenvalue weighted by Gasteiger charge is 2.26. The van der Waals surface area contributed by atoms with E-state index in [1.807, 2.05) is 6.92 Å². The molecule has 5 heteroatoms. The summed E-state index contributed by atoms with van der Waals surface area (Å²) >= 11 is 0. The van der Waals surface area contributed by atoms with Gasteiger partial charge in [0, 0.05) is 6.61 Å². The number of amides is 1. The van der Waals surface area contributed by atoms with E-state index in [1.54, 1.807) is 0 Å². The lowest BCUT2D eigenvalue weighted by atomic mass is 10.1. The van der Waals surface area contributed by atoms with Gasteiger partial charge in [-0.3, -0.25) is 4.79 Å². The summed E-state index contributed by atoms with van der Waals surface area (Å²) < 4.78 is 5.32. The number of ether oxygens (including phenoxy) is 1. The maximum Gasteiger partial charge on any atom is 0.326 e. The first-order valence-electron chi connectivity index (χ1n) is 6.30. The van der Waals surface area contributed by atoms with Gasteiger partial charge in [0.1, 0.15) is 12.1 Å². The quantitative estimate of drug-likeness (QED) is 0.737. The van der Waals surface area contributed by atoms with Crippen molar-refractivity contribution in [3.8, 4) is 0 Å². The first kappa shape index (κ1) is 14.0. The van der Waals surface area contributed by atoms with Crippen LogP contribution >= 0.6 is 0 Å². The average Bonchev–Trinajstić information content (AvgIpc) is 2.35. The molecule has 1 amide bonds. The Bertz CT molecular complexity index is 261. The van der Waals surface area contributed by atoms with E-state index in [-0.39, 0.29) is 5.91 Å². The van der Waals surface area contributed by atoms with Gasteiger partial charge in [0.15, 0.2) is 0 Å². The molecule has 0 bridgehead atoms. The van der Waals surface area contributed by atoms with E-state index in [0.29, 0.717) is 19.4 Å². The Kier molecular flexibility index (Phi) is 5.97. The molecule has 0 aromatic carbocycles. The van der Waals surface area contributed by atoms with E-state index in [1.165, 1.54) is 0 Å². The van der Waals surface area contributed by atoms with Crippen LogP contribution in [0.3, 0.4) is 0 Å². The molecule has 5 nitrogen and oxygen atoms in total. The van der Waals surface area contributed by atoms with Gasteiger partial charge in [0.05, 0.1) is 0 Å². The number of unbranched alkanes of at least 4 members (excludes halogenated alkanes) is 1. The molecule has 1 saturated heterocycles. The Labute approximate surface area is 102 Å². The number of carboxylic acids is 1. The molecule has 0 spiro atoms. The van der Waals surface area contributed by atoms with Crippen LogP contribution in [-0.2, 0) is 14.3 Å². The smallest absolute Gasteiger partial charge is 0.326 e. The zero-order valence-corrected chi connectivity index (χ0v) is 10.3. The van der Waals surface area contributed by atoms with Gasteiger partial charge in [-0.05, 0) is 25.7 Å². The van der Waals surface area contributed by atoms with Crippen molar-refractivity contribution in [1.29, 1.82) is 0 Å². The number of hydrogen-bond donors (Lipinski definition) is 2. The van der Waals surface area contributed by atoms with Crippen molar-refractivity contribution < 1.29 is 19.4 Å². The van der Waals surface area contributed by atoms with Crippen molar-refractivity contribution in [1.82, 2.24) is 5.32 Å². The highest BCUT2D eigenvalue weighted by molar-refractivity contribution is 5.86. The predicted octanol–water partition coefficient (Wildman–Crippen LogP) is 1.32. The molecule has 2 N–H and O–H groups in total. The summed E-state index contributed by atoms with van der Waals surface area (Å²) in [5.41, 5.74) is 0. The second-order valence-electron chi connectivity index (χ2n) is 4.40. The Morgan fingerprint density at radius 3 is 2.76 bits per heavy atom. The van der Waals surface area contributed by atoms with Gasteiger partial charge in [-0.1, -0.05) is 19.8 Å². The van der Waals surface area contributed by atoms with Crippen molar-refractivity contribution in [2.75, 3.05) is 6.61 Å². The Balaban J connectivity index is 2.42. The number of carbonyl (C=O) groups excluding carboxylic acids is 1. The Morgan fingerprint density at radius 2 is 2.24 bits per heavy atom. The van der Waals surface area contributed by atoms with Crippen LogP contribution in [0.5, 0.6) is 0 Å². The number of carboxylic acid groups (broad SMARTS) is 1. The molecule has 0 radical (unpaired) electrons. The first-order valence-corrected chi connectivity index (χ1v) is 6.30. The summed E-state index contributed by atoms with van der Waals surface area (Å²) in [7, 11) is 0. The molecular weight excluding hydrogens is 222 g/mol. The normalized spacial score (nSPS) is 21.8. The van der Waals surface area contributed by atoms with Gasteiger partial charge < -0.3 is 15.2 Å². The van der Waals surface area contributed by atoms with Crippen molar-refractivity contribution in [3.05, 3.63) is 0 Å². The van der Waals surface area contributed by atoms with E-state index in [0.717, 1.165) is 25.7 Å². The van der Waals surface area contributed by atoms with Crippen LogP contribution in [0.2, 0.25) is 0 Å². The average molecular weight is 243 g/mol. The first-order chi connectivity index (χ1) is 8.15. The molecule has 0 saturated carbocycles. The second kappa shape index (κ2) is 7.27. The van der Waals surface area contributed by atoms with E-state index in [2.05, 4.69) is 5.32 Å². The maximum absolute atomic E-state index is 11.8. The fraction of sp³-hybridized carbons (Fsp3) is 0.833. The van der Waals surface area contributed by atoms with Crippen molar-refractivity contribution >= 4 is 11.9 Å². The molecule has 0 aliphatic carbocycles. The molecule has 0 aromatic rings. The van der Waals surface area contributed by atoms with Crippen LogP contribution in [0.15, 0.2) is 0 Å². The van der Waals surface area contributed by atoms with Gasteiger partial charge in [0.25, 0.3) is 0 Å². The van der Waals surface area contributed by atoms with E-state index >= 15 is 0 Å². The Hall–Kier alpha value is -1.10. The van der Waals surface area contributed by atoms with Crippen molar-refractivity contribution in [3.63, 3.8) is 0 Å². The third-order valence-corrected chi connectivity index (χ3v) is 2.93. The lowest BCUT2D eigenvalue weighted by Crippen LogP contribution is -2.47. The second-order valence-corrected chi connectivity index (χ2v) is 4.40.